The van der Waals surface area contributed by atoms with E-state index in [4.69, 9.17) is 11.6 Å². The lowest BCUT2D eigenvalue weighted by molar-refractivity contribution is -0.118. The number of sulfonamides is 1. The lowest BCUT2D eigenvalue weighted by Gasteiger charge is -2.32. The van der Waals surface area contributed by atoms with E-state index in [9.17, 15) is 13.2 Å². The molecule has 172 valence electrons. The number of thioether (sulfide) groups is 1. The average molecular weight is 494 g/mol. The summed E-state index contributed by atoms with van der Waals surface area (Å²) in [4.78, 5) is 15.6. The number of rotatable bonds is 6. The van der Waals surface area contributed by atoms with Crippen molar-refractivity contribution in [3.05, 3.63) is 53.1 Å². The average Bonchev–Trinajstić information content (AvgIpc) is 2.92. The Balaban J connectivity index is 1.31. The molecular weight excluding hydrogens is 466 g/mol. The molecule has 2 heterocycles. The zero-order chi connectivity index (χ0) is 22.7. The molecule has 0 aromatic heterocycles. The van der Waals surface area contributed by atoms with E-state index >= 15 is 0 Å². The minimum atomic E-state index is -3.64. The van der Waals surface area contributed by atoms with Crippen LogP contribution in [0.3, 0.4) is 0 Å². The Morgan fingerprint density at radius 1 is 1.16 bits per heavy atom. The molecule has 2 aromatic rings. The fourth-order valence-corrected chi connectivity index (χ4v) is 6.23. The number of halogens is 1. The molecule has 0 aliphatic carbocycles. The smallest absolute Gasteiger partial charge is 0.240 e. The molecule has 4 rings (SSSR count). The number of hydrogen-bond acceptors (Lipinski definition) is 5. The predicted molar refractivity (Wildman–Crippen MR) is 130 cm³/mol. The van der Waals surface area contributed by atoms with E-state index in [0.717, 1.165) is 42.4 Å². The molecule has 2 aliphatic rings. The Morgan fingerprint density at radius 2 is 1.88 bits per heavy atom. The highest BCUT2D eigenvalue weighted by Gasteiger charge is 2.25. The van der Waals surface area contributed by atoms with Crippen molar-refractivity contribution in [1.29, 1.82) is 0 Å². The lowest BCUT2D eigenvalue weighted by Crippen LogP contribution is -2.38. The van der Waals surface area contributed by atoms with Crippen molar-refractivity contribution in [2.45, 2.75) is 36.1 Å². The summed E-state index contributed by atoms with van der Waals surface area (Å²) in [7, 11) is -3.64. The first-order valence-electron chi connectivity index (χ1n) is 10.8. The summed E-state index contributed by atoms with van der Waals surface area (Å²) in [5, 5.41) is 3.59. The van der Waals surface area contributed by atoms with Gasteiger partial charge in [0, 0.05) is 34.7 Å². The maximum atomic E-state index is 12.9. The van der Waals surface area contributed by atoms with Crippen LogP contribution in [0.5, 0.6) is 0 Å². The third kappa shape index (κ3) is 5.85. The first-order valence-corrected chi connectivity index (χ1v) is 13.7. The summed E-state index contributed by atoms with van der Waals surface area (Å²) in [5.74, 6) is 0.795. The first-order chi connectivity index (χ1) is 15.3. The monoisotopic (exact) mass is 493 g/mol. The molecule has 0 radical (unpaired) electrons. The van der Waals surface area contributed by atoms with Gasteiger partial charge >= 0.3 is 0 Å². The summed E-state index contributed by atoms with van der Waals surface area (Å²) < 4.78 is 28.5. The van der Waals surface area contributed by atoms with Crippen LogP contribution < -0.4 is 10.0 Å². The van der Waals surface area contributed by atoms with Crippen molar-refractivity contribution < 1.29 is 13.2 Å². The molecule has 9 heteroatoms. The van der Waals surface area contributed by atoms with Gasteiger partial charge in [0.15, 0.2) is 0 Å². The summed E-state index contributed by atoms with van der Waals surface area (Å²) in [6, 6.07) is 12.9. The molecular formula is C23H28ClN3O3S2. The molecule has 6 nitrogen and oxygen atoms in total. The van der Waals surface area contributed by atoms with E-state index in [1.165, 1.54) is 5.56 Å². The van der Waals surface area contributed by atoms with Crippen LogP contribution in [0.2, 0.25) is 5.02 Å². The number of nitrogens with one attached hydrogen (secondary N) is 2. The highest BCUT2D eigenvalue weighted by molar-refractivity contribution is 7.99. The normalized spacial score (nSPS) is 20.4. The molecule has 0 bridgehead atoms. The standard InChI is InChI=1S/C23H28ClN3O3S2/c1-16-15-31-22-7-6-20(12-21(22)26-23(16)28)32(29,30)25-13-17-8-10-27(11-9-17)14-18-2-4-19(24)5-3-18/h2-7,12,16-17,25H,8-11,13-15H2,1H3,(H,26,28)/t16-/m1/s1. The van der Waals surface area contributed by atoms with Crippen LogP contribution in [0.15, 0.2) is 52.3 Å². The van der Waals surface area contributed by atoms with Crippen molar-refractivity contribution >= 4 is 45.0 Å². The minimum absolute atomic E-state index is 0.0795. The van der Waals surface area contributed by atoms with Crippen molar-refractivity contribution in [3.8, 4) is 0 Å². The van der Waals surface area contributed by atoms with Crippen LogP contribution in [0.1, 0.15) is 25.3 Å². The maximum Gasteiger partial charge on any atom is 0.240 e. The number of piperidine rings is 1. The Bertz CT molecular complexity index is 1070. The summed E-state index contributed by atoms with van der Waals surface area (Å²) >= 11 is 7.52. The van der Waals surface area contributed by atoms with Crippen LogP contribution >= 0.6 is 23.4 Å². The summed E-state index contributed by atoms with van der Waals surface area (Å²) in [5.41, 5.74) is 1.80. The quantitative estimate of drug-likeness (QED) is 0.630. The molecule has 2 aromatic carbocycles. The third-order valence-corrected chi connectivity index (χ3v) is 9.05. The highest BCUT2D eigenvalue weighted by Crippen LogP contribution is 2.34. The van der Waals surface area contributed by atoms with Crippen molar-refractivity contribution in [3.63, 3.8) is 0 Å². The van der Waals surface area contributed by atoms with Gasteiger partial charge in [0.2, 0.25) is 15.9 Å². The summed E-state index contributed by atoms with van der Waals surface area (Å²) in [6.45, 7) is 5.05. The molecule has 1 saturated heterocycles. The lowest BCUT2D eigenvalue weighted by atomic mass is 9.97. The Morgan fingerprint density at radius 3 is 2.59 bits per heavy atom. The number of carbonyl (C=O) groups is 1. The van der Waals surface area contributed by atoms with Crippen LogP contribution in [0.25, 0.3) is 0 Å². The number of anilines is 1. The molecule has 1 amide bonds. The maximum absolute atomic E-state index is 12.9. The second-order valence-corrected chi connectivity index (χ2v) is 11.8. The molecule has 0 saturated carbocycles. The van der Waals surface area contributed by atoms with Gasteiger partial charge in [0.25, 0.3) is 0 Å². The summed E-state index contributed by atoms with van der Waals surface area (Å²) in [6.07, 6.45) is 1.90. The number of fused-ring (bicyclic) bond motifs is 1. The Hall–Kier alpha value is -1.58. The number of likely N-dealkylation sites (tertiary alicyclic amines) is 1. The van der Waals surface area contributed by atoms with Crippen LogP contribution in [-0.2, 0) is 21.4 Å². The van der Waals surface area contributed by atoms with Gasteiger partial charge in [-0.25, -0.2) is 13.1 Å². The number of benzene rings is 2. The topological polar surface area (TPSA) is 78.5 Å². The second-order valence-electron chi connectivity index (χ2n) is 8.56. The fourth-order valence-electron chi connectivity index (χ4n) is 3.95. The third-order valence-electron chi connectivity index (χ3n) is 6.04. The molecule has 0 spiro atoms. The zero-order valence-corrected chi connectivity index (χ0v) is 20.4. The largest absolute Gasteiger partial charge is 0.325 e. The van der Waals surface area contributed by atoms with E-state index in [1.807, 2.05) is 31.2 Å². The number of carbonyl (C=O) groups excluding carboxylic acids is 1. The minimum Gasteiger partial charge on any atom is -0.325 e. The molecule has 1 atom stereocenters. The van der Waals surface area contributed by atoms with Crippen LogP contribution in [0, 0.1) is 11.8 Å². The predicted octanol–water partition coefficient (Wildman–Crippen LogP) is 4.21. The molecule has 1 fully saturated rings. The second kappa shape index (κ2) is 10.1. The molecule has 2 N–H and O–H groups in total. The van der Waals surface area contributed by atoms with Crippen LogP contribution in [-0.4, -0.2) is 44.6 Å². The van der Waals surface area contributed by atoms with Crippen molar-refractivity contribution in [2.24, 2.45) is 11.8 Å². The fraction of sp³-hybridized carbons (Fsp3) is 0.435. The van der Waals surface area contributed by atoms with Gasteiger partial charge in [0.05, 0.1) is 10.6 Å². The number of amides is 1. The van der Waals surface area contributed by atoms with Crippen molar-refractivity contribution in [1.82, 2.24) is 9.62 Å². The Labute approximate surface area is 199 Å². The molecule has 0 unspecified atom stereocenters. The van der Waals surface area contributed by atoms with E-state index in [2.05, 4.69) is 14.9 Å². The zero-order valence-electron chi connectivity index (χ0n) is 18.0. The van der Waals surface area contributed by atoms with Gasteiger partial charge in [-0.3, -0.25) is 9.69 Å². The van der Waals surface area contributed by atoms with E-state index < -0.39 is 10.0 Å². The number of nitrogens with zero attached hydrogens (tertiary/aromatic N) is 1. The molecule has 32 heavy (non-hydrogen) atoms. The molecule has 2 aliphatic heterocycles. The van der Waals surface area contributed by atoms with Gasteiger partial charge < -0.3 is 5.32 Å². The highest BCUT2D eigenvalue weighted by atomic mass is 35.5. The van der Waals surface area contributed by atoms with E-state index in [0.29, 0.717) is 23.9 Å². The SMILES string of the molecule is C[C@@H]1CSc2ccc(S(=O)(=O)NCC3CCN(Cc4ccc(Cl)cc4)CC3)cc2NC1=O. The van der Waals surface area contributed by atoms with Crippen molar-refractivity contribution in [2.75, 3.05) is 30.7 Å². The van der Waals surface area contributed by atoms with E-state index in [1.54, 1.807) is 30.0 Å². The van der Waals surface area contributed by atoms with Gasteiger partial charge in [-0.1, -0.05) is 30.7 Å². The van der Waals surface area contributed by atoms with Gasteiger partial charge in [-0.05, 0) is 67.7 Å². The van der Waals surface area contributed by atoms with Gasteiger partial charge in [-0.2, -0.15) is 0 Å². The van der Waals surface area contributed by atoms with Crippen LogP contribution in [0.4, 0.5) is 5.69 Å². The number of hydrogen-bond donors (Lipinski definition) is 2. The van der Waals surface area contributed by atoms with Gasteiger partial charge in [-0.15, -0.1) is 11.8 Å². The Kier molecular flexibility index (Phi) is 7.47. The van der Waals surface area contributed by atoms with E-state index in [-0.39, 0.29) is 16.7 Å². The first kappa shape index (κ1) is 23.6. The van der Waals surface area contributed by atoms with Gasteiger partial charge in [0.1, 0.15) is 0 Å².